The standard InChI is InChI=1S/C11H10ClNO3/c1-13(7-8-3-2-5-15-8)11(14)9-4-6-16-10(9)12/h2-6H,7H2,1H3. The molecule has 0 saturated carbocycles. The third kappa shape index (κ3) is 2.12. The van der Waals surface area contributed by atoms with E-state index in [2.05, 4.69) is 0 Å². The fraction of sp³-hybridized carbons (Fsp3) is 0.182. The van der Waals surface area contributed by atoms with Gasteiger partial charge in [0, 0.05) is 7.05 Å². The number of hydrogen-bond acceptors (Lipinski definition) is 3. The fourth-order valence-corrected chi connectivity index (χ4v) is 1.56. The smallest absolute Gasteiger partial charge is 0.258 e. The van der Waals surface area contributed by atoms with Crippen LogP contribution in [-0.2, 0) is 6.54 Å². The van der Waals surface area contributed by atoms with Crippen molar-refractivity contribution in [2.75, 3.05) is 7.05 Å². The Morgan fingerprint density at radius 2 is 2.19 bits per heavy atom. The average molecular weight is 240 g/mol. The third-order valence-corrected chi connectivity index (χ3v) is 2.46. The van der Waals surface area contributed by atoms with E-state index >= 15 is 0 Å². The van der Waals surface area contributed by atoms with Crippen LogP contribution in [0.25, 0.3) is 0 Å². The minimum absolute atomic E-state index is 0.108. The Morgan fingerprint density at radius 3 is 2.75 bits per heavy atom. The third-order valence-electron chi connectivity index (χ3n) is 2.17. The first-order valence-electron chi connectivity index (χ1n) is 4.69. The molecule has 0 aliphatic rings. The van der Waals surface area contributed by atoms with Gasteiger partial charge >= 0.3 is 0 Å². The predicted octanol–water partition coefficient (Wildman–Crippen LogP) is 2.80. The highest BCUT2D eigenvalue weighted by molar-refractivity contribution is 6.32. The molecule has 0 fully saturated rings. The molecule has 0 N–H and O–H groups in total. The number of rotatable bonds is 3. The van der Waals surface area contributed by atoms with E-state index in [0.29, 0.717) is 12.1 Å². The molecule has 0 aliphatic carbocycles. The molecule has 0 unspecified atom stereocenters. The summed E-state index contributed by atoms with van der Waals surface area (Å²) < 4.78 is 10.0. The van der Waals surface area contributed by atoms with Gasteiger partial charge in [-0.1, -0.05) is 0 Å². The number of hydrogen-bond donors (Lipinski definition) is 0. The van der Waals surface area contributed by atoms with E-state index in [1.807, 2.05) is 0 Å². The van der Waals surface area contributed by atoms with Crippen molar-refractivity contribution in [2.24, 2.45) is 0 Å². The number of furan rings is 2. The van der Waals surface area contributed by atoms with E-state index < -0.39 is 0 Å². The minimum atomic E-state index is -0.199. The number of nitrogens with zero attached hydrogens (tertiary/aromatic N) is 1. The highest BCUT2D eigenvalue weighted by Crippen LogP contribution is 2.19. The highest BCUT2D eigenvalue weighted by Gasteiger charge is 2.17. The summed E-state index contributed by atoms with van der Waals surface area (Å²) in [6.07, 6.45) is 2.95. The van der Waals surface area contributed by atoms with E-state index in [1.54, 1.807) is 31.5 Å². The van der Waals surface area contributed by atoms with Crippen LogP contribution >= 0.6 is 11.6 Å². The van der Waals surface area contributed by atoms with E-state index in [1.165, 1.54) is 11.2 Å². The van der Waals surface area contributed by atoms with Gasteiger partial charge in [0.25, 0.3) is 5.91 Å². The average Bonchev–Trinajstić information content (AvgIpc) is 2.88. The van der Waals surface area contributed by atoms with Crippen molar-refractivity contribution in [3.63, 3.8) is 0 Å². The van der Waals surface area contributed by atoms with Crippen LogP contribution in [0.5, 0.6) is 0 Å². The molecule has 5 heteroatoms. The normalized spacial score (nSPS) is 10.4. The van der Waals surface area contributed by atoms with E-state index in [9.17, 15) is 4.79 Å². The summed E-state index contributed by atoms with van der Waals surface area (Å²) in [4.78, 5) is 13.4. The molecule has 16 heavy (non-hydrogen) atoms. The maximum absolute atomic E-state index is 11.9. The lowest BCUT2D eigenvalue weighted by Crippen LogP contribution is -2.25. The second-order valence-corrected chi connectivity index (χ2v) is 3.69. The second kappa shape index (κ2) is 4.45. The lowest BCUT2D eigenvalue weighted by atomic mass is 10.3. The zero-order valence-corrected chi connectivity index (χ0v) is 9.40. The summed E-state index contributed by atoms with van der Waals surface area (Å²) >= 11 is 5.72. The summed E-state index contributed by atoms with van der Waals surface area (Å²) in [5.41, 5.74) is 0.357. The molecular weight excluding hydrogens is 230 g/mol. The zero-order valence-electron chi connectivity index (χ0n) is 8.64. The largest absolute Gasteiger partial charge is 0.467 e. The Kier molecular flexibility index (Phi) is 3.01. The molecule has 0 saturated heterocycles. The summed E-state index contributed by atoms with van der Waals surface area (Å²) in [7, 11) is 1.67. The second-order valence-electron chi connectivity index (χ2n) is 3.35. The molecule has 2 heterocycles. The molecule has 0 atom stereocenters. The summed E-state index contributed by atoms with van der Waals surface area (Å²) in [5.74, 6) is 0.519. The summed E-state index contributed by atoms with van der Waals surface area (Å²) in [6, 6.07) is 5.13. The van der Waals surface area contributed by atoms with Gasteiger partial charge in [0.2, 0.25) is 5.22 Å². The molecule has 84 valence electrons. The van der Waals surface area contributed by atoms with Gasteiger partial charge in [-0.05, 0) is 29.8 Å². The highest BCUT2D eigenvalue weighted by atomic mass is 35.5. The van der Waals surface area contributed by atoms with Gasteiger partial charge in [0.1, 0.15) is 5.76 Å². The first-order chi connectivity index (χ1) is 7.68. The summed E-state index contributed by atoms with van der Waals surface area (Å²) in [6.45, 7) is 0.396. The molecule has 4 nitrogen and oxygen atoms in total. The zero-order chi connectivity index (χ0) is 11.5. The maximum Gasteiger partial charge on any atom is 0.258 e. The number of carbonyl (C=O) groups is 1. The van der Waals surface area contributed by atoms with E-state index in [4.69, 9.17) is 20.4 Å². The molecule has 2 aromatic rings. The van der Waals surface area contributed by atoms with Gasteiger partial charge in [0.05, 0.1) is 24.6 Å². The molecule has 0 spiro atoms. The van der Waals surface area contributed by atoms with Crippen molar-refractivity contribution in [3.05, 3.63) is 47.3 Å². The lowest BCUT2D eigenvalue weighted by Gasteiger charge is -2.14. The van der Waals surface area contributed by atoms with Crippen LogP contribution in [0.3, 0.4) is 0 Å². The molecule has 1 amide bonds. The lowest BCUT2D eigenvalue weighted by molar-refractivity contribution is 0.0775. The van der Waals surface area contributed by atoms with Crippen molar-refractivity contribution in [1.82, 2.24) is 4.90 Å². The van der Waals surface area contributed by atoms with E-state index in [-0.39, 0.29) is 11.1 Å². The Hall–Kier alpha value is -1.68. The fourth-order valence-electron chi connectivity index (χ4n) is 1.36. The van der Waals surface area contributed by atoms with Crippen LogP contribution in [0.15, 0.2) is 39.6 Å². The molecule has 0 aliphatic heterocycles. The first-order valence-corrected chi connectivity index (χ1v) is 5.07. The molecule has 2 rings (SSSR count). The van der Waals surface area contributed by atoms with Crippen molar-refractivity contribution >= 4 is 17.5 Å². The van der Waals surface area contributed by atoms with Crippen LogP contribution in [0.1, 0.15) is 16.1 Å². The van der Waals surface area contributed by atoms with Gasteiger partial charge in [-0.3, -0.25) is 4.79 Å². The summed E-state index contributed by atoms with van der Waals surface area (Å²) in [5, 5.41) is 0.108. The maximum atomic E-state index is 11.9. The van der Waals surface area contributed by atoms with Crippen LogP contribution < -0.4 is 0 Å². The minimum Gasteiger partial charge on any atom is -0.467 e. The van der Waals surface area contributed by atoms with Crippen LogP contribution in [0, 0.1) is 0 Å². The van der Waals surface area contributed by atoms with Gasteiger partial charge in [-0.2, -0.15) is 0 Å². The van der Waals surface area contributed by atoms with Crippen molar-refractivity contribution < 1.29 is 13.6 Å². The van der Waals surface area contributed by atoms with Crippen LogP contribution in [0.4, 0.5) is 0 Å². The van der Waals surface area contributed by atoms with Gasteiger partial charge in [-0.15, -0.1) is 0 Å². The topological polar surface area (TPSA) is 46.6 Å². The monoisotopic (exact) mass is 239 g/mol. The van der Waals surface area contributed by atoms with Crippen LogP contribution in [-0.4, -0.2) is 17.9 Å². The first kappa shape index (κ1) is 10.8. The molecule has 0 bridgehead atoms. The number of halogens is 1. The van der Waals surface area contributed by atoms with Gasteiger partial charge in [-0.25, -0.2) is 0 Å². The Labute approximate surface area is 97.4 Å². The van der Waals surface area contributed by atoms with Crippen molar-refractivity contribution in [3.8, 4) is 0 Å². The Morgan fingerprint density at radius 1 is 1.38 bits per heavy atom. The van der Waals surface area contributed by atoms with Crippen LogP contribution in [0.2, 0.25) is 5.22 Å². The van der Waals surface area contributed by atoms with E-state index in [0.717, 1.165) is 5.76 Å². The molecule has 2 aromatic heterocycles. The molecular formula is C11H10ClNO3. The SMILES string of the molecule is CN(Cc1ccco1)C(=O)c1ccoc1Cl. The number of carbonyl (C=O) groups excluding carboxylic acids is 1. The van der Waals surface area contributed by atoms with Crippen molar-refractivity contribution in [1.29, 1.82) is 0 Å². The van der Waals surface area contributed by atoms with Gasteiger partial charge in [0.15, 0.2) is 0 Å². The molecule has 0 aromatic carbocycles. The predicted molar refractivity (Wildman–Crippen MR) is 58.2 cm³/mol. The van der Waals surface area contributed by atoms with Crippen molar-refractivity contribution in [2.45, 2.75) is 6.54 Å². The Bertz CT molecular complexity index is 475. The molecule has 0 radical (unpaired) electrons. The quantitative estimate of drug-likeness (QED) is 0.827. The number of amides is 1. The Balaban J connectivity index is 2.08. The van der Waals surface area contributed by atoms with Gasteiger partial charge < -0.3 is 13.7 Å².